The van der Waals surface area contributed by atoms with Gasteiger partial charge in [0.15, 0.2) is 0 Å². The normalized spacial score (nSPS) is 19.9. The number of likely N-dealkylation sites (tertiary alicyclic amines) is 1. The summed E-state index contributed by atoms with van der Waals surface area (Å²) < 4.78 is 10.7. The Kier molecular flexibility index (Phi) is 9.58. The molecule has 0 spiro atoms. The van der Waals surface area contributed by atoms with Gasteiger partial charge in [0.1, 0.15) is 23.8 Å². The summed E-state index contributed by atoms with van der Waals surface area (Å²) in [6, 6.07) is 6.32. The van der Waals surface area contributed by atoms with Gasteiger partial charge < -0.3 is 29.9 Å². The molecular weight excluding hydrogens is 526 g/mol. The van der Waals surface area contributed by atoms with E-state index in [-0.39, 0.29) is 25.4 Å². The van der Waals surface area contributed by atoms with E-state index in [0.29, 0.717) is 31.2 Å². The van der Waals surface area contributed by atoms with Crippen molar-refractivity contribution < 1.29 is 28.7 Å². The molecule has 11 nitrogen and oxygen atoms in total. The summed E-state index contributed by atoms with van der Waals surface area (Å²) in [5.74, 6) is -0.625. The van der Waals surface area contributed by atoms with E-state index < -0.39 is 41.4 Å². The van der Waals surface area contributed by atoms with Gasteiger partial charge in [-0.3, -0.25) is 14.5 Å². The Morgan fingerprint density at radius 2 is 1.51 bits per heavy atom. The molecule has 0 bridgehead atoms. The number of anilines is 1. The Morgan fingerprint density at radius 1 is 0.923 bits per heavy atom. The molecule has 1 aromatic rings. The number of piperazine rings is 1. The average Bonchev–Trinajstić information content (AvgIpc) is 3.25. The van der Waals surface area contributed by atoms with Crippen molar-refractivity contribution in [3.05, 3.63) is 29.3 Å². The van der Waals surface area contributed by atoms with Crippen molar-refractivity contribution in [3.63, 3.8) is 0 Å². The monoisotopic (exact) mass is 565 g/mol. The summed E-state index contributed by atoms with van der Waals surface area (Å²) in [5.41, 5.74) is -0.396. The van der Waals surface area contributed by atoms with Crippen LogP contribution in [0, 0.1) is 0 Å². The quantitative estimate of drug-likeness (QED) is 0.563. The van der Waals surface area contributed by atoms with E-state index >= 15 is 0 Å². The molecule has 2 aliphatic heterocycles. The fraction of sp³-hybridized carbons (Fsp3) is 0.630. The van der Waals surface area contributed by atoms with Gasteiger partial charge >= 0.3 is 12.2 Å². The van der Waals surface area contributed by atoms with Gasteiger partial charge in [-0.1, -0.05) is 11.6 Å². The van der Waals surface area contributed by atoms with Gasteiger partial charge in [0.05, 0.1) is 0 Å². The van der Waals surface area contributed by atoms with Crippen LogP contribution in [-0.4, -0.2) is 96.4 Å². The highest BCUT2D eigenvalue weighted by Crippen LogP contribution is 2.25. The third-order valence-electron chi connectivity index (χ3n) is 6.15. The van der Waals surface area contributed by atoms with Crippen LogP contribution in [0.5, 0.6) is 0 Å². The highest BCUT2D eigenvalue weighted by molar-refractivity contribution is 6.30. The second-order valence-electron chi connectivity index (χ2n) is 11.8. The second-order valence-corrected chi connectivity index (χ2v) is 12.2. The third-order valence-corrected chi connectivity index (χ3v) is 6.41. The minimum atomic E-state index is -0.772. The van der Waals surface area contributed by atoms with Crippen molar-refractivity contribution in [2.45, 2.75) is 71.2 Å². The molecule has 4 amide bonds. The zero-order valence-corrected chi connectivity index (χ0v) is 24.3. The lowest BCUT2D eigenvalue weighted by molar-refractivity contribution is -0.136. The van der Waals surface area contributed by atoms with Crippen LogP contribution in [0.1, 0.15) is 48.0 Å². The predicted molar refractivity (Wildman–Crippen MR) is 148 cm³/mol. The molecule has 39 heavy (non-hydrogen) atoms. The van der Waals surface area contributed by atoms with E-state index in [2.05, 4.69) is 15.5 Å². The van der Waals surface area contributed by atoms with Crippen LogP contribution >= 0.6 is 11.6 Å². The maximum Gasteiger partial charge on any atom is 0.411 e. The lowest BCUT2D eigenvalue weighted by Crippen LogP contribution is -2.54. The Labute approximate surface area is 235 Å². The van der Waals surface area contributed by atoms with E-state index in [4.69, 9.17) is 21.1 Å². The van der Waals surface area contributed by atoms with Crippen molar-refractivity contribution in [3.8, 4) is 0 Å². The maximum absolute atomic E-state index is 13.6. The second kappa shape index (κ2) is 12.3. The van der Waals surface area contributed by atoms with E-state index in [1.807, 2.05) is 24.3 Å². The highest BCUT2D eigenvalue weighted by atomic mass is 35.5. The Morgan fingerprint density at radius 3 is 2.08 bits per heavy atom. The van der Waals surface area contributed by atoms with Gasteiger partial charge in [-0.25, -0.2) is 9.59 Å². The number of benzene rings is 1. The van der Waals surface area contributed by atoms with Crippen LogP contribution in [0.15, 0.2) is 24.3 Å². The summed E-state index contributed by atoms with van der Waals surface area (Å²) in [4.78, 5) is 56.4. The molecule has 12 heteroatoms. The molecule has 2 saturated heterocycles. The molecule has 0 aromatic heterocycles. The summed E-state index contributed by atoms with van der Waals surface area (Å²) >= 11 is 6.00. The van der Waals surface area contributed by atoms with Crippen LogP contribution in [0.25, 0.3) is 0 Å². The lowest BCUT2D eigenvalue weighted by atomic mass is 10.1. The number of hydrogen-bond acceptors (Lipinski definition) is 7. The van der Waals surface area contributed by atoms with Crippen LogP contribution in [0.2, 0.25) is 5.02 Å². The fourth-order valence-corrected chi connectivity index (χ4v) is 4.62. The SMILES string of the molecule is CC(C)(C)OC(=O)NCC(=O)NC1C[C@H](C(=O)N2CCN(c3ccc(Cl)cc3)CC2)N(C(=O)OC(C)(C)C)C1. The lowest BCUT2D eigenvalue weighted by Gasteiger charge is -2.38. The minimum absolute atomic E-state index is 0.119. The molecular formula is C27H40ClN5O6. The number of amides is 4. The van der Waals surface area contributed by atoms with Gasteiger partial charge in [0.25, 0.3) is 0 Å². The fourth-order valence-electron chi connectivity index (χ4n) is 4.49. The summed E-state index contributed by atoms with van der Waals surface area (Å²) in [7, 11) is 0. The number of carbonyl (C=O) groups is 4. The topological polar surface area (TPSA) is 121 Å². The molecule has 2 aliphatic rings. The molecule has 0 saturated carbocycles. The molecule has 2 N–H and O–H groups in total. The Balaban J connectivity index is 1.62. The molecule has 216 valence electrons. The number of halogens is 1. The number of hydrogen-bond donors (Lipinski definition) is 2. The number of alkyl carbamates (subject to hydrolysis) is 1. The van der Waals surface area contributed by atoms with E-state index in [1.54, 1.807) is 46.4 Å². The molecule has 3 rings (SSSR count). The largest absolute Gasteiger partial charge is 0.444 e. The molecule has 0 radical (unpaired) electrons. The summed E-state index contributed by atoms with van der Waals surface area (Å²) in [5, 5.41) is 5.90. The van der Waals surface area contributed by atoms with Crippen LogP contribution in [0.3, 0.4) is 0 Å². The van der Waals surface area contributed by atoms with Gasteiger partial charge in [0, 0.05) is 49.5 Å². The van der Waals surface area contributed by atoms with Gasteiger partial charge in [0.2, 0.25) is 11.8 Å². The van der Waals surface area contributed by atoms with Gasteiger partial charge in [-0.05, 0) is 72.2 Å². The first-order valence-corrected chi connectivity index (χ1v) is 13.5. The number of nitrogens with one attached hydrogen (secondary N) is 2. The van der Waals surface area contributed by atoms with E-state index in [0.717, 1.165) is 5.69 Å². The molecule has 1 unspecified atom stereocenters. The van der Waals surface area contributed by atoms with Gasteiger partial charge in [-0.15, -0.1) is 0 Å². The standard InChI is InChI=1S/C27H40ClN5O6/c1-26(2,3)38-24(36)29-16-22(34)30-19-15-21(33(17-19)25(37)39-27(4,5)6)23(35)32-13-11-31(12-14-32)20-9-7-18(28)8-10-20/h7-10,19,21H,11-17H2,1-6H3,(H,29,36)(H,30,34)/t19?,21-/m1/s1. The van der Waals surface area contributed by atoms with Gasteiger partial charge in [-0.2, -0.15) is 0 Å². The molecule has 2 atom stereocenters. The summed E-state index contributed by atoms with van der Waals surface area (Å²) in [6.45, 7) is 12.6. The molecule has 1 aromatic carbocycles. The van der Waals surface area contributed by atoms with E-state index in [1.165, 1.54) is 4.90 Å². The zero-order valence-electron chi connectivity index (χ0n) is 23.6. The average molecular weight is 566 g/mol. The number of rotatable bonds is 5. The zero-order chi connectivity index (χ0) is 29.0. The summed E-state index contributed by atoms with van der Waals surface area (Å²) in [6.07, 6.45) is -1.07. The first kappa shape index (κ1) is 30.3. The van der Waals surface area contributed by atoms with Crippen molar-refractivity contribution in [1.82, 2.24) is 20.4 Å². The Bertz CT molecular complexity index is 1040. The van der Waals surface area contributed by atoms with Crippen LogP contribution in [0.4, 0.5) is 15.3 Å². The number of ether oxygens (including phenoxy) is 2. The maximum atomic E-state index is 13.6. The molecule has 2 heterocycles. The first-order chi connectivity index (χ1) is 18.1. The smallest absolute Gasteiger partial charge is 0.411 e. The Hall–Kier alpha value is -3.21. The van der Waals surface area contributed by atoms with Crippen LogP contribution in [-0.2, 0) is 19.1 Å². The number of nitrogens with zero attached hydrogens (tertiary/aromatic N) is 3. The van der Waals surface area contributed by atoms with E-state index in [9.17, 15) is 19.2 Å². The van der Waals surface area contributed by atoms with Crippen molar-refractivity contribution in [2.75, 3.05) is 44.2 Å². The predicted octanol–water partition coefficient (Wildman–Crippen LogP) is 3.01. The highest BCUT2D eigenvalue weighted by Gasteiger charge is 2.44. The first-order valence-electron chi connectivity index (χ1n) is 13.2. The van der Waals surface area contributed by atoms with Crippen molar-refractivity contribution in [1.29, 1.82) is 0 Å². The third kappa shape index (κ3) is 9.19. The molecule has 0 aliphatic carbocycles. The van der Waals surface area contributed by atoms with Crippen molar-refractivity contribution in [2.24, 2.45) is 0 Å². The van der Waals surface area contributed by atoms with Crippen LogP contribution < -0.4 is 15.5 Å². The molecule has 2 fully saturated rings. The minimum Gasteiger partial charge on any atom is -0.444 e. The van der Waals surface area contributed by atoms with Crippen molar-refractivity contribution >= 4 is 41.3 Å². The number of carbonyl (C=O) groups excluding carboxylic acids is 4.